The molecular weight excluding hydrogens is 242 g/mol. The number of hydrogen-bond acceptors (Lipinski definition) is 6. The normalized spacial score (nSPS) is 13.7. The minimum atomic E-state index is -1.88. The van der Waals surface area contributed by atoms with Crippen molar-refractivity contribution in [3.63, 3.8) is 0 Å². The van der Waals surface area contributed by atoms with Crippen LogP contribution in [-0.4, -0.2) is 45.0 Å². The molecule has 1 rings (SSSR count). The van der Waals surface area contributed by atoms with Gasteiger partial charge in [-0.15, -0.1) is 0 Å². The zero-order chi connectivity index (χ0) is 13.7. The Morgan fingerprint density at radius 1 is 1.44 bits per heavy atom. The summed E-state index contributed by atoms with van der Waals surface area (Å²) in [6, 6.07) is 2.59. The maximum absolute atomic E-state index is 11.2. The number of aromatic carboxylic acids is 1. The second-order valence-electron chi connectivity index (χ2n) is 3.38. The predicted octanol–water partition coefficient (Wildman–Crippen LogP) is -0.263. The summed E-state index contributed by atoms with van der Waals surface area (Å²) in [5, 5.41) is 28.1. The van der Waals surface area contributed by atoms with Gasteiger partial charge in [0, 0.05) is 6.20 Å². The van der Waals surface area contributed by atoms with E-state index in [4.69, 9.17) is 5.11 Å². The maximum atomic E-state index is 11.2. The van der Waals surface area contributed by atoms with Crippen molar-refractivity contribution in [3.05, 3.63) is 29.6 Å². The molecule has 1 aromatic heterocycles. The van der Waals surface area contributed by atoms with Gasteiger partial charge in [-0.05, 0) is 19.1 Å². The first kappa shape index (κ1) is 14.1. The molecule has 18 heavy (non-hydrogen) atoms. The summed E-state index contributed by atoms with van der Waals surface area (Å²) in [5.41, 5.74) is -0.570. The molecule has 2 atom stereocenters. The zero-order valence-electron chi connectivity index (χ0n) is 9.61. The van der Waals surface area contributed by atoms with Crippen molar-refractivity contribution in [2.45, 2.75) is 19.1 Å². The van der Waals surface area contributed by atoms with Crippen LogP contribution in [0.2, 0.25) is 0 Å². The number of carboxylic acids is 1. The molecule has 0 saturated carbocycles. The lowest BCUT2D eigenvalue weighted by Crippen LogP contribution is -2.31. The number of ether oxygens (including phenoxy) is 1. The first-order valence-electron chi connectivity index (χ1n) is 5.20. The summed E-state index contributed by atoms with van der Waals surface area (Å²) in [7, 11) is 0. The first-order chi connectivity index (χ1) is 8.49. The average Bonchev–Trinajstić information content (AvgIpc) is 2.37. The molecule has 3 N–H and O–H groups in total. The van der Waals surface area contributed by atoms with Gasteiger partial charge in [-0.25, -0.2) is 9.59 Å². The Hall–Kier alpha value is -1.99. The maximum Gasteiger partial charge on any atom is 0.338 e. The lowest BCUT2D eigenvalue weighted by atomic mass is 10.0. The van der Waals surface area contributed by atoms with E-state index in [1.165, 1.54) is 18.3 Å². The Labute approximate surface area is 103 Å². The molecule has 7 nitrogen and oxygen atoms in total. The topological polar surface area (TPSA) is 117 Å². The van der Waals surface area contributed by atoms with Crippen molar-refractivity contribution in [1.82, 2.24) is 4.98 Å². The number of esters is 1. The van der Waals surface area contributed by atoms with Gasteiger partial charge in [0.2, 0.25) is 0 Å². The van der Waals surface area contributed by atoms with Crippen molar-refractivity contribution in [1.29, 1.82) is 0 Å². The highest BCUT2D eigenvalue weighted by molar-refractivity contribution is 5.89. The van der Waals surface area contributed by atoms with Crippen LogP contribution < -0.4 is 0 Å². The fourth-order valence-corrected chi connectivity index (χ4v) is 1.34. The second-order valence-corrected chi connectivity index (χ2v) is 3.38. The molecule has 1 aromatic rings. The van der Waals surface area contributed by atoms with Crippen LogP contribution in [0.3, 0.4) is 0 Å². The number of pyridine rings is 1. The highest BCUT2D eigenvalue weighted by Gasteiger charge is 2.30. The van der Waals surface area contributed by atoms with E-state index in [2.05, 4.69) is 9.72 Å². The van der Waals surface area contributed by atoms with Gasteiger partial charge < -0.3 is 20.1 Å². The molecule has 0 aliphatic carbocycles. The first-order valence-corrected chi connectivity index (χ1v) is 5.20. The number of carbonyl (C=O) groups is 2. The van der Waals surface area contributed by atoms with Gasteiger partial charge in [0.05, 0.1) is 17.9 Å². The Balaban J connectivity index is 2.99. The highest BCUT2D eigenvalue weighted by Crippen LogP contribution is 2.19. The van der Waals surface area contributed by atoms with Crippen molar-refractivity contribution in [3.8, 4) is 0 Å². The molecule has 0 radical (unpaired) electrons. The molecule has 0 fully saturated rings. The third-order valence-corrected chi connectivity index (χ3v) is 2.18. The average molecular weight is 255 g/mol. The number of nitrogens with zero attached hydrogens (tertiary/aromatic N) is 1. The molecule has 0 aliphatic rings. The molecule has 0 bridgehead atoms. The number of hydrogen-bond donors (Lipinski definition) is 3. The fraction of sp³-hybridized carbons (Fsp3) is 0.364. The van der Waals surface area contributed by atoms with Gasteiger partial charge in [0.1, 0.15) is 6.10 Å². The van der Waals surface area contributed by atoms with Crippen LogP contribution in [0.15, 0.2) is 18.3 Å². The summed E-state index contributed by atoms with van der Waals surface area (Å²) in [6.07, 6.45) is -2.38. The fourth-order valence-electron chi connectivity index (χ4n) is 1.34. The van der Waals surface area contributed by atoms with Crippen LogP contribution >= 0.6 is 0 Å². The van der Waals surface area contributed by atoms with Crippen LogP contribution in [-0.2, 0) is 9.53 Å². The molecule has 0 amide bonds. The Bertz CT molecular complexity index is 447. The quantitative estimate of drug-likeness (QED) is 0.620. The third kappa shape index (κ3) is 3.02. The zero-order valence-corrected chi connectivity index (χ0v) is 9.61. The van der Waals surface area contributed by atoms with Crippen molar-refractivity contribution < 1.29 is 29.6 Å². The molecule has 0 aromatic carbocycles. The van der Waals surface area contributed by atoms with E-state index in [0.717, 1.165) is 0 Å². The Morgan fingerprint density at radius 2 is 2.11 bits per heavy atom. The standard InChI is InChI=1S/C11H13NO6/c1-2-18-11(17)9(14)8(13)7-6(10(15)16)4-3-5-12-7/h3-5,8-9,13-14H,2H2,1H3,(H,15,16). The second kappa shape index (κ2) is 6.08. The summed E-state index contributed by atoms with van der Waals surface area (Å²) in [6.45, 7) is 1.58. The van der Waals surface area contributed by atoms with E-state index in [-0.39, 0.29) is 17.9 Å². The van der Waals surface area contributed by atoms with E-state index in [0.29, 0.717) is 0 Å². The number of aromatic nitrogens is 1. The van der Waals surface area contributed by atoms with Crippen LogP contribution in [0.25, 0.3) is 0 Å². The molecule has 98 valence electrons. The van der Waals surface area contributed by atoms with Crippen molar-refractivity contribution >= 4 is 11.9 Å². The van der Waals surface area contributed by atoms with E-state index < -0.39 is 24.1 Å². The lowest BCUT2D eigenvalue weighted by Gasteiger charge is -2.17. The number of carboxylic acid groups (broad SMARTS) is 1. The highest BCUT2D eigenvalue weighted by atomic mass is 16.5. The minimum Gasteiger partial charge on any atom is -0.478 e. The lowest BCUT2D eigenvalue weighted by molar-refractivity contribution is -0.159. The number of aliphatic hydroxyl groups excluding tert-OH is 2. The summed E-state index contributed by atoms with van der Waals surface area (Å²) in [5.74, 6) is -2.35. The number of carbonyl (C=O) groups excluding carboxylic acids is 1. The van der Waals surface area contributed by atoms with Crippen LogP contribution in [0.5, 0.6) is 0 Å². The van der Waals surface area contributed by atoms with Crippen LogP contribution in [0.1, 0.15) is 29.1 Å². The molecule has 0 aliphatic heterocycles. The minimum absolute atomic E-state index is 0.0383. The molecule has 1 heterocycles. The SMILES string of the molecule is CCOC(=O)C(O)C(O)c1ncccc1C(=O)O. The van der Waals surface area contributed by atoms with Gasteiger partial charge >= 0.3 is 11.9 Å². The Kier molecular flexibility index (Phi) is 4.75. The van der Waals surface area contributed by atoms with Gasteiger partial charge in [-0.3, -0.25) is 4.98 Å². The number of aliphatic hydroxyl groups is 2. The molecule has 7 heteroatoms. The molecular formula is C11H13NO6. The number of rotatable bonds is 5. The van der Waals surface area contributed by atoms with Crippen LogP contribution in [0.4, 0.5) is 0 Å². The van der Waals surface area contributed by atoms with Gasteiger partial charge in [-0.1, -0.05) is 0 Å². The van der Waals surface area contributed by atoms with E-state index >= 15 is 0 Å². The monoisotopic (exact) mass is 255 g/mol. The van der Waals surface area contributed by atoms with Gasteiger partial charge in [0.25, 0.3) is 0 Å². The van der Waals surface area contributed by atoms with E-state index in [9.17, 15) is 19.8 Å². The predicted molar refractivity (Wildman–Crippen MR) is 58.8 cm³/mol. The smallest absolute Gasteiger partial charge is 0.338 e. The van der Waals surface area contributed by atoms with Crippen LogP contribution in [0, 0.1) is 0 Å². The Morgan fingerprint density at radius 3 is 2.67 bits per heavy atom. The largest absolute Gasteiger partial charge is 0.478 e. The van der Waals surface area contributed by atoms with Crippen molar-refractivity contribution in [2.24, 2.45) is 0 Å². The van der Waals surface area contributed by atoms with Crippen molar-refractivity contribution in [2.75, 3.05) is 6.61 Å². The van der Waals surface area contributed by atoms with Gasteiger partial charge in [0.15, 0.2) is 6.10 Å². The third-order valence-electron chi connectivity index (χ3n) is 2.18. The molecule has 0 saturated heterocycles. The molecule has 0 spiro atoms. The van der Waals surface area contributed by atoms with Gasteiger partial charge in [-0.2, -0.15) is 0 Å². The summed E-state index contributed by atoms with van der Waals surface area (Å²) in [4.78, 5) is 25.8. The van der Waals surface area contributed by atoms with E-state index in [1.807, 2.05) is 0 Å². The summed E-state index contributed by atoms with van der Waals surface area (Å²) < 4.78 is 4.52. The molecule has 2 unspecified atom stereocenters. The van der Waals surface area contributed by atoms with E-state index in [1.54, 1.807) is 6.92 Å². The summed E-state index contributed by atoms with van der Waals surface area (Å²) >= 11 is 0.